The SMILES string of the molecule is COCc1[nH]c2ccc(OC)cc2c1-c1ccc(O)cc1. The normalized spacial score (nSPS) is 11.0. The zero-order valence-electron chi connectivity index (χ0n) is 12.0. The average molecular weight is 283 g/mol. The Kier molecular flexibility index (Phi) is 3.54. The Hall–Kier alpha value is -2.46. The highest BCUT2D eigenvalue weighted by molar-refractivity contribution is 5.98. The van der Waals surface area contributed by atoms with Crippen LogP contribution in [0, 0.1) is 0 Å². The van der Waals surface area contributed by atoms with E-state index in [1.165, 1.54) is 0 Å². The van der Waals surface area contributed by atoms with Crippen molar-refractivity contribution >= 4 is 10.9 Å². The molecule has 2 aromatic carbocycles. The monoisotopic (exact) mass is 283 g/mol. The summed E-state index contributed by atoms with van der Waals surface area (Å²) >= 11 is 0. The minimum absolute atomic E-state index is 0.254. The molecule has 0 bridgehead atoms. The van der Waals surface area contributed by atoms with Gasteiger partial charge in [0.2, 0.25) is 0 Å². The average Bonchev–Trinajstić information content (AvgIpc) is 2.85. The molecule has 0 amide bonds. The molecule has 0 saturated heterocycles. The van der Waals surface area contributed by atoms with Gasteiger partial charge in [-0.3, -0.25) is 0 Å². The molecule has 0 spiro atoms. The van der Waals surface area contributed by atoms with E-state index in [-0.39, 0.29) is 5.75 Å². The van der Waals surface area contributed by atoms with Gasteiger partial charge >= 0.3 is 0 Å². The van der Waals surface area contributed by atoms with Gasteiger partial charge in [-0.05, 0) is 35.9 Å². The summed E-state index contributed by atoms with van der Waals surface area (Å²) in [6.45, 7) is 0.493. The summed E-state index contributed by atoms with van der Waals surface area (Å²) < 4.78 is 10.6. The molecule has 3 rings (SSSR count). The van der Waals surface area contributed by atoms with Crippen molar-refractivity contribution < 1.29 is 14.6 Å². The Balaban J connectivity index is 2.25. The van der Waals surface area contributed by atoms with Crippen LogP contribution in [-0.2, 0) is 11.3 Å². The number of methoxy groups -OCH3 is 2. The van der Waals surface area contributed by atoms with Gasteiger partial charge in [-0.15, -0.1) is 0 Å². The number of nitrogens with one attached hydrogen (secondary N) is 1. The first-order valence-electron chi connectivity index (χ1n) is 6.70. The van der Waals surface area contributed by atoms with E-state index in [0.717, 1.165) is 33.5 Å². The quantitative estimate of drug-likeness (QED) is 0.767. The van der Waals surface area contributed by atoms with Gasteiger partial charge in [-0.1, -0.05) is 12.1 Å². The minimum Gasteiger partial charge on any atom is -0.508 e. The molecule has 4 nitrogen and oxygen atoms in total. The summed E-state index contributed by atoms with van der Waals surface area (Å²) in [4.78, 5) is 3.39. The number of aromatic hydroxyl groups is 1. The van der Waals surface area contributed by atoms with Gasteiger partial charge in [0.1, 0.15) is 11.5 Å². The molecule has 2 N–H and O–H groups in total. The number of ether oxygens (including phenoxy) is 2. The van der Waals surface area contributed by atoms with Crippen LogP contribution in [0.5, 0.6) is 11.5 Å². The minimum atomic E-state index is 0.254. The van der Waals surface area contributed by atoms with Crippen molar-refractivity contribution in [3.63, 3.8) is 0 Å². The summed E-state index contributed by atoms with van der Waals surface area (Å²) in [6.07, 6.45) is 0. The summed E-state index contributed by atoms with van der Waals surface area (Å²) in [6, 6.07) is 13.1. The summed E-state index contributed by atoms with van der Waals surface area (Å²) in [5.74, 6) is 1.06. The smallest absolute Gasteiger partial charge is 0.119 e. The Bertz CT molecular complexity index is 760. The van der Waals surface area contributed by atoms with Crippen molar-refractivity contribution in [1.82, 2.24) is 4.98 Å². The van der Waals surface area contributed by atoms with Crippen LogP contribution in [-0.4, -0.2) is 24.3 Å². The predicted molar refractivity (Wildman–Crippen MR) is 82.7 cm³/mol. The lowest BCUT2D eigenvalue weighted by Crippen LogP contribution is -1.90. The number of hydrogen-bond acceptors (Lipinski definition) is 3. The zero-order chi connectivity index (χ0) is 14.8. The van der Waals surface area contributed by atoms with Gasteiger partial charge in [-0.25, -0.2) is 0 Å². The van der Waals surface area contributed by atoms with Crippen LogP contribution < -0.4 is 4.74 Å². The highest BCUT2D eigenvalue weighted by atomic mass is 16.5. The molecule has 0 aliphatic heterocycles. The topological polar surface area (TPSA) is 54.5 Å². The van der Waals surface area contributed by atoms with E-state index in [1.54, 1.807) is 26.4 Å². The molecule has 4 heteroatoms. The number of phenols is 1. The van der Waals surface area contributed by atoms with E-state index in [1.807, 2.05) is 30.3 Å². The maximum absolute atomic E-state index is 9.47. The van der Waals surface area contributed by atoms with E-state index in [2.05, 4.69) is 4.98 Å². The Morgan fingerprint density at radius 1 is 1.05 bits per heavy atom. The third-order valence-electron chi connectivity index (χ3n) is 3.53. The molecule has 0 unspecified atom stereocenters. The highest BCUT2D eigenvalue weighted by Gasteiger charge is 2.14. The fourth-order valence-electron chi connectivity index (χ4n) is 2.56. The highest BCUT2D eigenvalue weighted by Crippen LogP contribution is 2.35. The van der Waals surface area contributed by atoms with E-state index in [9.17, 15) is 5.11 Å². The first-order chi connectivity index (χ1) is 10.2. The van der Waals surface area contributed by atoms with E-state index >= 15 is 0 Å². The first kappa shape index (κ1) is 13.5. The summed E-state index contributed by atoms with van der Waals surface area (Å²) in [5.41, 5.74) is 4.14. The fraction of sp³-hybridized carbons (Fsp3) is 0.176. The van der Waals surface area contributed by atoms with Gasteiger partial charge in [0, 0.05) is 29.3 Å². The number of phenolic OH excluding ortho intramolecular Hbond substituents is 1. The predicted octanol–water partition coefficient (Wildman–Crippen LogP) is 3.70. The first-order valence-corrected chi connectivity index (χ1v) is 6.70. The van der Waals surface area contributed by atoms with Crippen LogP contribution >= 0.6 is 0 Å². The molecule has 0 aliphatic rings. The fourth-order valence-corrected chi connectivity index (χ4v) is 2.56. The molecule has 108 valence electrons. The summed E-state index contributed by atoms with van der Waals surface area (Å²) in [5, 5.41) is 10.5. The molecule has 1 aromatic heterocycles. The van der Waals surface area contributed by atoms with Crippen molar-refractivity contribution in [2.75, 3.05) is 14.2 Å². The number of rotatable bonds is 4. The standard InChI is InChI=1S/C17H17NO3/c1-20-10-16-17(11-3-5-12(19)6-4-11)14-9-13(21-2)7-8-15(14)18-16/h3-9,18-19H,10H2,1-2H3. The molecule has 0 fully saturated rings. The maximum Gasteiger partial charge on any atom is 0.119 e. The number of hydrogen-bond donors (Lipinski definition) is 2. The molecular weight excluding hydrogens is 266 g/mol. The van der Waals surface area contributed by atoms with Crippen molar-refractivity contribution in [3.05, 3.63) is 48.2 Å². The number of aromatic nitrogens is 1. The molecule has 1 heterocycles. The van der Waals surface area contributed by atoms with Crippen LogP contribution in [0.4, 0.5) is 0 Å². The second kappa shape index (κ2) is 5.50. The molecule has 0 aliphatic carbocycles. The number of fused-ring (bicyclic) bond motifs is 1. The zero-order valence-corrected chi connectivity index (χ0v) is 12.0. The Morgan fingerprint density at radius 2 is 1.81 bits per heavy atom. The number of aromatic amines is 1. The summed E-state index contributed by atoms with van der Waals surface area (Å²) in [7, 11) is 3.33. The second-order valence-electron chi connectivity index (χ2n) is 4.87. The molecule has 0 radical (unpaired) electrons. The van der Waals surface area contributed by atoms with Crippen LogP contribution in [0.1, 0.15) is 5.69 Å². The van der Waals surface area contributed by atoms with Gasteiger partial charge in [-0.2, -0.15) is 0 Å². The maximum atomic E-state index is 9.47. The van der Waals surface area contributed by atoms with Crippen LogP contribution in [0.15, 0.2) is 42.5 Å². The molecule has 0 saturated carbocycles. The van der Waals surface area contributed by atoms with Gasteiger partial charge in [0.15, 0.2) is 0 Å². The Labute approximate surface area is 122 Å². The Morgan fingerprint density at radius 3 is 2.48 bits per heavy atom. The third-order valence-corrected chi connectivity index (χ3v) is 3.53. The van der Waals surface area contributed by atoms with Crippen molar-refractivity contribution in [2.45, 2.75) is 6.61 Å². The van der Waals surface area contributed by atoms with Crippen LogP contribution in [0.2, 0.25) is 0 Å². The van der Waals surface area contributed by atoms with Crippen molar-refractivity contribution in [1.29, 1.82) is 0 Å². The lowest BCUT2D eigenvalue weighted by Gasteiger charge is -2.06. The number of H-pyrrole nitrogens is 1. The lowest BCUT2D eigenvalue weighted by molar-refractivity contribution is 0.182. The van der Waals surface area contributed by atoms with Crippen molar-refractivity contribution in [3.8, 4) is 22.6 Å². The third kappa shape index (κ3) is 2.45. The van der Waals surface area contributed by atoms with Crippen LogP contribution in [0.3, 0.4) is 0 Å². The second-order valence-corrected chi connectivity index (χ2v) is 4.87. The van der Waals surface area contributed by atoms with E-state index in [4.69, 9.17) is 9.47 Å². The molecule has 0 atom stereocenters. The molecule has 21 heavy (non-hydrogen) atoms. The molecule has 3 aromatic rings. The van der Waals surface area contributed by atoms with Gasteiger partial charge < -0.3 is 19.6 Å². The van der Waals surface area contributed by atoms with Crippen molar-refractivity contribution in [2.24, 2.45) is 0 Å². The van der Waals surface area contributed by atoms with Gasteiger partial charge in [0.25, 0.3) is 0 Å². The van der Waals surface area contributed by atoms with E-state index in [0.29, 0.717) is 6.61 Å². The van der Waals surface area contributed by atoms with E-state index < -0.39 is 0 Å². The molecular formula is C17H17NO3. The largest absolute Gasteiger partial charge is 0.508 e. The van der Waals surface area contributed by atoms with Crippen LogP contribution in [0.25, 0.3) is 22.0 Å². The number of benzene rings is 2. The van der Waals surface area contributed by atoms with Gasteiger partial charge in [0.05, 0.1) is 13.7 Å². The lowest BCUT2D eigenvalue weighted by atomic mass is 10.0.